The fraction of sp³-hybridized carbons (Fsp3) is 0.542. The lowest BCUT2D eigenvalue weighted by atomic mass is 9.66. The minimum atomic E-state index is -1.23. The number of hydrogen-bond acceptors (Lipinski definition) is 5. The van der Waals surface area contributed by atoms with Crippen molar-refractivity contribution in [2.45, 2.75) is 50.9 Å². The van der Waals surface area contributed by atoms with Gasteiger partial charge >= 0.3 is 5.97 Å². The number of aliphatic hydroxyl groups is 1. The van der Waals surface area contributed by atoms with E-state index < -0.39 is 41.0 Å². The normalized spacial score (nSPS) is 32.8. The number of likely N-dealkylation sites (tertiary alicyclic amines) is 1. The summed E-state index contributed by atoms with van der Waals surface area (Å²) in [5.41, 5.74) is 0.315. The van der Waals surface area contributed by atoms with Crippen LogP contribution < -0.4 is 4.90 Å². The third kappa shape index (κ3) is 2.93. The highest BCUT2D eigenvalue weighted by atomic mass is 16.5. The van der Waals surface area contributed by atoms with Crippen molar-refractivity contribution < 1.29 is 29.3 Å². The second-order valence-electron chi connectivity index (χ2n) is 9.30. The number of anilines is 1. The van der Waals surface area contributed by atoms with Gasteiger partial charge in [-0.2, -0.15) is 0 Å². The fourth-order valence-electron chi connectivity index (χ4n) is 6.23. The van der Waals surface area contributed by atoms with Crippen molar-refractivity contribution in [3.8, 4) is 0 Å². The van der Waals surface area contributed by atoms with Crippen molar-refractivity contribution in [1.29, 1.82) is 0 Å². The van der Waals surface area contributed by atoms with Crippen LogP contribution in [0.25, 0.3) is 0 Å². The Morgan fingerprint density at radius 3 is 2.53 bits per heavy atom. The first kappa shape index (κ1) is 22.5. The molecule has 8 heteroatoms. The zero-order valence-corrected chi connectivity index (χ0v) is 18.7. The molecule has 3 aliphatic rings. The molecule has 0 aromatic heterocycles. The van der Waals surface area contributed by atoms with Crippen molar-refractivity contribution in [2.75, 3.05) is 24.6 Å². The Bertz CT molecular complexity index is 972. The predicted molar refractivity (Wildman–Crippen MR) is 117 cm³/mol. The Morgan fingerprint density at radius 1 is 1.31 bits per heavy atom. The van der Waals surface area contributed by atoms with Crippen molar-refractivity contribution in [3.63, 3.8) is 0 Å². The Hall–Kier alpha value is -2.71. The van der Waals surface area contributed by atoms with Gasteiger partial charge in [0, 0.05) is 18.8 Å². The fourth-order valence-corrected chi connectivity index (χ4v) is 6.23. The van der Waals surface area contributed by atoms with Crippen LogP contribution in [0, 0.1) is 25.7 Å². The van der Waals surface area contributed by atoms with Crippen LogP contribution in [0.4, 0.5) is 5.69 Å². The van der Waals surface area contributed by atoms with Gasteiger partial charge in [-0.15, -0.1) is 6.58 Å². The van der Waals surface area contributed by atoms with E-state index in [0.29, 0.717) is 12.8 Å². The number of amides is 2. The first-order chi connectivity index (χ1) is 15.1. The van der Waals surface area contributed by atoms with Crippen LogP contribution in [0.5, 0.6) is 0 Å². The molecule has 4 rings (SSSR count). The summed E-state index contributed by atoms with van der Waals surface area (Å²) in [4.78, 5) is 42.7. The van der Waals surface area contributed by atoms with Crippen molar-refractivity contribution in [1.82, 2.24) is 4.90 Å². The zero-order chi connectivity index (χ0) is 23.4. The summed E-state index contributed by atoms with van der Waals surface area (Å²) in [7, 11) is 0. The first-order valence-corrected chi connectivity index (χ1v) is 11.0. The Labute approximate surface area is 187 Å². The average Bonchev–Trinajstić information content (AvgIpc) is 3.28. The molecule has 5 atom stereocenters. The number of benzene rings is 1. The third-order valence-corrected chi connectivity index (χ3v) is 7.40. The van der Waals surface area contributed by atoms with Crippen molar-refractivity contribution in [3.05, 3.63) is 42.0 Å². The van der Waals surface area contributed by atoms with E-state index in [-0.39, 0.29) is 25.6 Å². The van der Waals surface area contributed by atoms with E-state index in [9.17, 15) is 24.6 Å². The first-order valence-electron chi connectivity index (χ1n) is 11.0. The SMILES string of the molecule is C=CCN(C(=O)C1N(CCO)C(=O)[C@@H]2[C@H](C(=O)O)[C@]3(C)CCC12O3)c1c(C)cccc1C. The van der Waals surface area contributed by atoms with E-state index in [4.69, 9.17) is 4.74 Å². The molecular formula is C24H30N2O6. The Morgan fingerprint density at radius 2 is 1.97 bits per heavy atom. The number of para-hydroxylation sites is 1. The summed E-state index contributed by atoms with van der Waals surface area (Å²) in [5.74, 6) is -3.86. The number of ether oxygens (including phenoxy) is 1. The molecule has 32 heavy (non-hydrogen) atoms. The van der Waals surface area contributed by atoms with E-state index >= 15 is 0 Å². The van der Waals surface area contributed by atoms with Gasteiger partial charge in [-0.05, 0) is 44.7 Å². The highest BCUT2D eigenvalue weighted by Crippen LogP contribution is 2.63. The molecule has 0 radical (unpaired) electrons. The molecule has 3 aliphatic heterocycles. The van der Waals surface area contributed by atoms with Gasteiger partial charge in [0.15, 0.2) is 0 Å². The monoisotopic (exact) mass is 442 g/mol. The molecule has 1 spiro atoms. The number of carboxylic acids is 1. The highest BCUT2D eigenvalue weighted by molar-refractivity contribution is 6.05. The van der Waals surface area contributed by atoms with E-state index in [1.807, 2.05) is 32.0 Å². The molecule has 2 amide bonds. The summed E-state index contributed by atoms with van der Waals surface area (Å²) >= 11 is 0. The van der Waals surface area contributed by atoms with Gasteiger partial charge in [0.1, 0.15) is 11.6 Å². The quantitative estimate of drug-likeness (QED) is 0.622. The van der Waals surface area contributed by atoms with Crippen LogP contribution >= 0.6 is 0 Å². The molecule has 3 heterocycles. The van der Waals surface area contributed by atoms with Gasteiger partial charge in [-0.1, -0.05) is 24.3 Å². The zero-order valence-electron chi connectivity index (χ0n) is 18.7. The second kappa shape index (κ2) is 7.71. The summed E-state index contributed by atoms with van der Waals surface area (Å²) in [5, 5.41) is 19.6. The molecule has 172 valence electrons. The van der Waals surface area contributed by atoms with Crippen molar-refractivity contribution in [2.24, 2.45) is 11.8 Å². The standard InChI is InChI=1S/C24H30N2O6/c1-5-11-25(18-14(2)7-6-8-15(18)3)21(29)19-24-10-9-23(4,32-24)17(22(30)31)16(24)20(28)26(19)12-13-27/h5-8,16-17,19,27H,1,9-13H2,2-4H3,(H,30,31)/t16-,17+,19?,23-,24?/m0/s1. The van der Waals surface area contributed by atoms with Gasteiger partial charge in [0.25, 0.3) is 5.91 Å². The smallest absolute Gasteiger partial charge is 0.310 e. The maximum Gasteiger partial charge on any atom is 0.310 e. The predicted octanol–water partition coefficient (Wildman–Crippen LogP) is 1.66. The molecule has 2 N–H and O–H groups in total. The second-order valence-corrected chi connectivity index (χ2v) is 9.30. The van der Waals surface area contributed by atoms with Crippen molar-refractivity contribution >= 4 is 23.5 Å². The Balaban J connectivity index is 1.84. The summed E-state index contributed by atoms with van der Waals surface area (Å²) in [6.07, 6.45) is 2.49. The molecule has 3 fully saturated rings. The topological polar surface area (TPSA) is 107 Å². The Kier molecular flexibility index (Phi) is 5.41. The van der Waals surface area contributed by atoms with Crippen LogP contribution in [0.2, 0.25) is 0 Å². The summed E-state index contributed by atoms with van der Waals surface area (Å²) in [6.45, 7) is 9.18. The van der Waals surface area contributed by atoms with E-state index in [0.717, 1.165) is 16.8 Å². The third-order valence-electron chi connectivity index (χ3n) is 7.40. The highest BCUT2D eigenvalue weighted by Gasteiger charge is 2.78. The van der Waals surface area contributed by atoms with Crippen LogP contribution in [0.3, 0.4) is 0 Å². The number of rotatable bonds is 7. The number of carbonyl (C=O) groups is 3. The molecule has 8 nitrogen and oxygen atoms in total. The molecule has 0 saturated carbocycles. The largest absolute Gasteiger partial charge is 0.481 e. The van der Waals surface area contributed by atoms with Gasteiger partial charge < -0.3 is 24.7 Å². The maximum absolute atomic E-state index is 14.2. The van der Waals surface area contributed by atoms with Gasteiger partial charge in [-0.25, -0.2) is 0 Å². The molecule has 1 aromatic carbocycles. The molecular weight excluding hydrogens is 412 g/mol. The minimum Gasteiger partial charge on any atom is -0.481 e. The number of aliphatic carboxylic acids is 1. The van der Waals surface area contributed by atoms with Gasteiger partial charge in [-0.3, -0.25) is 14.4 Å². The van der Waals surface area contributed by atoms with Crippen LogP contribution in [0.1, 0.15) is 30.9 Å². The minimum absolute atomic E-state index is 0.0609. The number of β-amino-alcohol motifs (C(OH)–C–C–N with tert-alkyl or cyclic N) is 1. The van der Waals surface area contributed by atoms with Crippen LogP contribution in [0.15, 0.2) is 30.9 Å². The number of carbonyl (C=O) groups excluding carboxylic acids is 2. The maximum atomic E-state index is 14.2. The van der Waals surface area contributed by atoms with E-state index in [2.05, 4.69) is 6.58 Å². The van der Waals surface area contributed by atoms with Crippen LogP contribution in [-0.2, 0) is 19.1 Å². The van der Waals surface area contributed by atoms with Gasteiger partial charge in [0.05, 0.1) is 24.0 Å². The number of carboxylic acid groups (broad SMARTS) is 1. The molecule has 2 unspecified atom stereocenters. The average molecular weight is 443 g/mol. The number of aliphatic hydroxyl groups excluding tert-OH is 1. The van der Waals surface area contributed by atoms with E-state index in [1.54, 1.807) is 17.9 Å². The lowest BCUT2D eigenvalue weighted by molar-refractivity contribution is -0.154. The summed E-state index contributed by atoms with van der Waals surface area (Å²) < 4.78 is 6.35. The number of aryl methyl sites for hydroxylation is 2. The van der Waals surface area contributed by atoms with E-state index in [1.165, 1.54) is 4.90 Å². The summed E-state index contributed by atoms with van der Waals surface area (Å²) in [6, 6.07) is 4.72. The molecule has 2 bridgehead atoms. The molecule has 1 aromatic rings. The van der Waals surface area contributed by atoms with Crippen LogP contribution in [-0.4, -0.2) is 69.8 Å². The number of fused-ring (bicyclic) bond motifs is 1. The number of hydrogen-bond donors (Lipinski definition) is 2. The lowest BCUT2D eigenvalue weighted by Crippen LogP contribution is -2.57. The molecule has 0 aliphatic carbocycles. The van der Waals surface area contributed by atoms with Gasteiger partial charge in [0.2, 0.25) is 5.91 Å². The lowest BCUT2D eigenvalue weighted by Gasteiger charge is -2.37. The molecule has 3 saturated heterocycles. The number of nitrogens with zero attached hydrogens (tertiary/aromatic N) is 2.